The number of pyridine rings is 1. The van der Waals surface area contributed by atoms with Crippen LogP contribution in [0, 0.1) is 0 Å². The van der Waals surface area contributed by atoms with Crippen molar-refractivity contribution >= 4 is 40.7 Å². The lowest BCUT2D eigenvalue weighted by molar-refractivity contribution is 0.112. The average Bonchev–Trinajstić information content (AvgIpc) is 2.80. The van der Waals surface area contributed by atoms with Crippen LogP contribution in [0.25, 0.3) is 10.8 Å². The molecule has 0 N–H and O–H groups in total. The molecule has 2 aromatic carbocycles. The lowest BCUT2D eigenvalue weighted by Gasteiger charge is -2.29. The van der Waals surface area contributed by atoms with Crippen molar-refractivity contribution in [3.05, 3.63) is 70.5 Å². The van der Waals surface area contributed by atoms with Crippen LogP contribution in [0.2, 0.25) is 5.15 Å². The van der Waals surface area contributed by atoms with Gasteiger partial charge in [-0.3, -0.25) is 4.79 Å². The van der Waals surface area contributed by atoms with Crippen LogP contribution in [-0.2, 0) is 6.42 Å². The predicted molar refractivity (Wildman–Crippen MR) is 124 cm³/mol. The number of carbonyl (C=O) groups is 1. The summed E-state index contributed by atoms with van der Waals surface area (Å²) < 4.78 is 0. The summed E-state index contributed by atoms with van der Waals surface area (Å²) in [6.45, 7) is 0. The first-order chi connectivity index (χ1) is 14.7. The molecule has 0 radical (unpaired) electrons. The van der Waals surface area contributed by atoms with E-state index < -0.39 is 0 Å². The Balaban J connectivity index is 1.70. The number of halogens is 1. The zero-order valence-corrected chi connectivity index (χ0v) is 18.0. The molecule has 0 bridgehead atoms. The minimum atomic E-state index is 0.476. The molecule has 30 heavy (non-hydrogen) atoms. The zero-order chi connectivity index (χ0) is 20.9. The van der Waals surface area contributed by atoms with Crippen molar-refractivity contribution < 1.29 is 4.79 Å². The number of benzene rings is 2. The molecule has 1 fully saturated rings. The number of hydrogen-bond acceptors (Lipinski definition) is 3. The van der Waals surface area contributed by atoms with E-state index in [9.17, 15) is 4.79 Å². The van der Waals surface area contributed by atoms with Crippen molar-refractivity contribution in [3.63, 3.8) is 0 Å². The molecule has 154 valence electrons. The van der Waals surface area contributed by atoms with Gasteiger partial charge in [-0.25, -0.2) is 9.98 Å². The lowest BCUT2D eigenvalue weighted by atomic mass is 9.94. The summed E-state index contributed by atoms with van der Waals surface area (Å²) in [5, 5.41) is 2.57. The van der Waals surface area contributed by atoms with Crippen molar-refractivity contribution in [1.82, 2.24) is 9.88 Å². The normalized spacial score (nSPS) is 15.0. The molecule has 1 aliphatic carbocycles. The topological polar surface area (TPSA) is 45.6 Å². The van der Waals surface area contributed by atoms with Gasteiger partial charge in [0.25, 0.3) is 0 Å². The summed E-state index contributed by atoms with van der Waals surface area (Å²) in [7, 11) is 2.09. The van der Waals surface area contributed by atoms with Gasteiger partial charge in [-0.15, -0.1) is 0 Å². The summed E-state index contributed by atoms with van der Waals surface area (Å²) in [5.74, 6) is 0. The quantitative estimate of drug-likeness (QED) is 0.206. The molecule has 4 rings (SSSR count). The van der Waals surface area contributed by atoms with E-state index in [1.54, 1.807) is 12.3 Å². The number of aromatic nitrogens is 1. The molecule has 1 aliphatic rings. The summed E-state index contributed by atoms with van der Waals surface area (Å²) in [6.07, 6.45) is 11.6. The Hall–Kier alpha value is -2.72. The Bertz CT molecular complexity index is 1060. The summed E-state index contributed by atoms with van der Waals surface area (Å²) in [5.41, 5.74) is 3.48. The number of fused-ring (bicyclic) bond motifs is 1. The second kappa shape index (κ2) is 9.40. The molecule has 4 nitrogen and oxygen atoms in total. The van der Waals surface area contributed by atoms with Crippen LogP contribution >= 0.6 is 11.6 Å². The first-order valence-electron chi connectivity index (χ1n) is 10.5. The van der Waals surface area contributed by atoms with Crippen molar-refractivity contribution in [2.45, 2.75) is 44.6 Å². The maximum atomic E-state index is 11.9. The van der Waals surface area contributed by atoms with Gasteiger partial charge in [0.2, 0.25) is 0 Å². The third-order valence-electron chi connectivity index (χ3n) is 5.96. The standard InChI is InChI=1S/C25H26ClN3O/c1-29(21-7-3-2-4-8-21)17-28-25-20(16-30)14-19(22-9-5-6-10-23(22)25)13-18-11-12-24(26)27-15-18/h5-6,9-12,14-17,21H,2-4,7-8,13H2,1H3. The second-order valence-electron chi connectivity index (χ2n) is 8.00. The van der Waals surface area contributed by atoms with E-state index in [1.807, 2.05) is 36.7 Å². The van der Waals surface area contributed by atoms with Crippen molar-refractivity contribution in [2.24, 2.45) is 4.99 Å². The number of aldehydes is 1. The lowest BCUT2D eigenvalue weighted by Crippen LogP contribution is -2.32. The minimum absolute atomic E-state index is 0.476. The molecule has 0 saturated heterocycles. The van der Waals surface area contributed by atoms with Gasteiger partial charge in [0.15, 0.2) is 6.29 Å². The molecule has 3 aromatic rings. The highest BCUT2D eigenvalue weighted by molar-refractivity contribution is 6.29. The molecule has 5 heteroatoms. The SMILES string of the molecule is CN(C=Nc1c(C=O)cc(Cc2ccc(Cl)nc2)c2ccccc12)C1CCCCC1. The van der Waals surface area contributed by atoms with E-state index in [2.05, 4.69) is 23.0 Å². The molecule has 0 atom stereocenters. The Kier molecular flexibility index (Phi) is 6.44. The van der Waals surface area contributed by atoms with Gasteiger partial charge in [-0.1, -0.05) is 61.2 Å². The summed E-state index contributed by atoms with van der Waals surface area (Å²) in [6, 6.07) is 14.4. The van der Waals surface area contributed by atoms with E-state index in [0.29, 0.717) is 23.2 Å². The second-order valence-corrected chi connectivity index (χ2v) is 8.39. The van der Waals surface area contributed by atoms with E-state index in [4.69, 9.17) is 16.6 Å². The van der Waals surface area contributed by atoms with Crippen LogP contribution in [-0.4, -0.2) is 35.6 Å². The van der Waals surface area contributed by atoms with Crippen LogP contribution in [0.5, 0.6) is 0 Å². The summed E-state index contributed by atoms with van der Waals surface area (Å²) >= 11 is 5.92. The largest absolute Gasteiger partial charge is 0.363 e. The maximum Gasteiger partial charge on any atom is 0.152 e. The van der Waals surface area contributed by atoms with Crippen molar-refractivity contribution in [2.75, 3.05) is 7.05 Å². The van der Waals surface area contributed by atoms with E-state index >= 15 is 0 Å². The highest BCUT2D eigenvalue weighted by atomic mass is 35.5. The monoisotopic (exact) mass is 419 g/mol. The van der Waals surface area contributed by atoms with Crippen molar-refractivity contribution in [1.29, 1.82) is 0 Å². The predicted octanol–water partition coefficient (Wildman–Crippen LogP) is 6.22. The minimum Gasteiger partial charge on any atom is -0.363 e. The number of rotatable bonds is 6. The Morgan fingerprint density at radius 1 is 1.13 bits per heavy atom. The van der Waals surface area contributed by atoms with Gasteiger partial charge in [0.05, 0.1) is 12.0 Å². The Labute approximate surface area is 182 Å². The van der Waals surface area contributed by atoms with Crippen LogP contribution in [0.3, 0.4) is 0 Å². The van der Waals surface area contributed by atoms with Crippen LogP contribution in [0.4, 0.5) is 5.69 Å². The van der Waals surface area contributed by atoms with Crippen molar-refractivity contribution in [3.8, 4) is 0 Å². The molecule has 1 saturated carbocycles. The fourth-order valence-corrected chi connectivity index (χ4v) is 4.41. The summed E-state index contributed by atoms with van der Waals surface area (Å²) in [4.78, 5) is 23.1. The zero-order valence-electron chi connectivity index (χ0n) is 17.2. The molecule has 1 aromatic heterocycles. The third-order valence-corrected chi connectivity index (χ3v) is 6.18. The maximum absolute atomic E-state index is 11.9. The first-order valence-corrected chi connectivity index (χ1v) is 10.9. The van der Waals surface area contributed by atoms with E-state index in [1.165, 1.54) is 32.1 Å². The van der Waals surface area contributed by atoms with Gasteiger partial charge in [0.1, 0.15) is 5.15 Å². The molecular formula is C25H26ClN3O. The van der Waals surface area contributed by atoms with Crippen LogP contribution < -0.4 is 0 Å². The molecule has 0 unspecified atom stereocenters. The smallest absolute Gasteiger partial charge is 0.152 e. The number of hydrogen-bond donors (Lipinski definition) is 0. The van der Waals surface area contributed by atoms with Gasteiger partial charge in [-0.05, 0) is 47.9 Å². The highest BCUT2D eigenvalue weighted by Gasteiger charge is 2.17. The third kappa shape index (κ3) is 4.54. The van der Waals surface area contributed by atoms with Crippen LogP contribution in [0.15, 0.2) is 53.7 Å². The Morgan fingerprint density at radius 2 is 1.90 bits per heavy atom. The first kappa shape index (κ1) is 20.5. The number of aliphatic imine (C=N–C) groups is 1. The molecule has 0 amide bonds. The van der Waals surface area contributed by atoms with Gasteiger partial charge < -0.3 is 4.90 Å². The van der Waals surface area contributed by atoms with Gasteiger partial charge in [-0.2, -0.15) is 0 Å². The van der Waals surface area contributed by atoms with Gasteiger partial charge in [0, 0.05) is 30.2 Å². The Morgan fingerprint density at radius 3 is 2.60 bits per heavy atom. The number of nitrogens with zero attached hydrogens (tertiary/aromatic N) is 3. The van der Waals surface area contributed by atoms with E-state index in [-0.39, 0.29) is 0 Å². The van der Waals surface area contributed by atoms with E-state index in [0.717, 1.165) is 33.9 Å². The molecule has 0 spiro atoms. The fourth-order valence-electron chi connectivity index (χ4n) is 4.30. The fraction of sp³-hybridized carbons (Fsp3) is 0.320. The average molecular weight is 420 g/mol. The highest BCUT2D eigenvalue weighted by Crippen LogP contribution is 2.33. The van der Waals surface area contributed by atoms with Gasteiger partial charge >= 0.3 is 0 Å². The molecule has 1 heterocycles. The molecular weight excluding hydrogens is 394 g/mol. The number of carbonyl (C=O) groups excluding carboxylic acids is 1. The van der Waals surface area contributed by atoms with Crippen LogP contribution in [0.1, 0.15) is 53.6 Å². The molecule has 0 aliphatic heterocycles.